The Kier molecular flexibility index (Phi) is 4.93. The number of rotatable bonds is 5. The van der Waals surface area contributed by atoms with Crippen molar-refractivity contribution in [3.05, 3.63) is 83.0 Å². The highest BCUT2D eigenvalue weighted by molar-refractivity contribution is 6.30. The number of nitrogens with zero attached hydrogens (tertiary/aromatic N) is 2. The summed E-state index contributed by atoms with van der Waals surface area (Å²) < 4.78 is 1.65. The first kappa shape index (κ1) is 16.2. The molecule has 0 fully saturated rings. The van der Waals surface area contributed by atoms with Gasteiger partial charge in [-0.05, 0) is 23.3 Å². The third kappa shape index (κ3) is 3.82. The fraction of sp³-hybridized carbons (Fsp3) is 0.111. The molecule has 0 saturated heterocycles. The first-order valence-corrected chi connectivity index (χ1v) is 7.81. The predicted molar refractivity (Wildman–Crippen MR) is 92.8 cm³/mol. The molecule has 2 aromatic carbocycles. The molecule has 3 rings (SSSR count). The summed E-state index contributed by atoms with van der Waals surface area (Å²) in [5, 5.41) is 17.7. The summed E-state index contributed by atoms with van der Waals surface area (Å²) in [6.45, 7) is 0.487. The topological polar surface area (TPSA) is 67.2 Å². The number of hydrogen-bond donors (Lipinski definition) is 2. The van der Waals surface area contributed by atoms with Crippen molar-refractivity contribution < 1.29 is 9.90 Å². The van der Waals surface area contributed by atoms with Crippen LogP contribution >= 0.6 is 11.6 Å². The van der Waals surface area contributed by atoms with Gasteiger partial charge in [-0.2, -0.15) is 5.10 Å². The van der Waals surface area contributed by atoms with Gasteiger partial charge in [0.1, 0.15) is 5.82 Å². The Labute approximate surface area is 144 Å². The summed E-state index contributed by atoms with van der Waals surface area (Å²) in [7, 11) is 0. The average molecular weight is 342 g/mol. The molecule has 24 heavy (non-hydrogen) atoms. The smallest absolute Gasteiger partial charge is 0.258 e. The van der Waals surface area contributed by atoms with Gasteiger partial charge in [0.25, 0.3) is 5.91 Å². The summed E-state index contributed by atoms with van der Waals surface area (Å²) in [5.74, 6) is 0.0176. The summed E-state index contributed by atoms with van der Waals surface area (Å²) >= 11 is 5.88. The highest BCUT2D eigenvalue weighted by Gasteiger charge is 2.18. The Bertz CT molecular complexity index is 816. The number of hydrogen-bond acceptors (Lipinski definition) is 3. The molecule has 6 heteroatoms. The van der Waals surface area contributed by atoms with E-state index in [1.807, 2.05) is 18.2 Å². The molecule has 5 nitrogen and oxygen atoms in total. The average Bonchev–Trinajstić information content (AvgIpc) is 3.03. The minimum absolute atomic E-state index is 0.487. The van der Waals surface area contributed by atoms with Gasteiger partial charge in [-0.25, -0.2) is 4.68 Å². The van der Waals surface area contributed by atoms with E-state index in [4.69, 9.17) is 11.6 Å². The van der Waals surface area contributed by atoms with E-state index in [2.05, 4.69) is 10.4 Å². The molecule has 0 bridgehead atoms. The first-order chi connectivity index (χ1) is 11.6. The molecule has 1 amide bonds. The van der Waals surface area contributed by atoms with E-state index >= 15 is 0 Å². The maximum absolute atomic E-state index is 12.2. The van der Waals surface area contributed by atoms with Gasteiger partial charge in [0.05, 0.1) is 12.7 Å². The van der Waals surface area contributed by atoms with Crippen LogP contribution in [0.15, 0.2) is 66.9 Å². The quantitative estimate of drug-likeness (QED) is 0.748. The molecule has 1 unspecified atom stereocenters. The second kappa shape index (κ2) is 7.29. The second-order valence-corrected chi connectivity index (χ2v) is 5.74. The van der Waals surface area contributed by atoms with E-state index in [1.165, 1.54) is 0 Å². The Morgan fingerprint density at radius 2 is 1.83 bits per heavy atom. The minimum atomic E-state index is -1.23. The van der Waals surface area contributed by atoms with E-state index < -0.39 is 12.0 Å². The van der Waals surface area contributed by atoms with Crippen LogP contribution in [0, 0.1) is 0 Å². The number of aromatic nitrogens is 2. The molecule has 122 valence electrons. The van der Waals surface area contributed by atoms with Crippen molar-refractivity contribution in [2.75, 3.05) is 5.32 Å². The maximum Gasteiger partial charge on any atom is 0.258 e. The van der Waals surface area contributed by atoms with Crippen LogP contribution in [0.1, 0.15) is 17.2 Å². The molecule has 0 radical (unpaired) electrons. The summed E-state index contributed by atoms with van der Waals surface area (Å²) in [5.41, 5.74) is 1.54. The van der Waals surface area contributed by atoms with Gasteiger partial charge in [0.15, 0.2) is 6.10 Å². The Morgan fingerprint density at radius 3 is 2.54 bits per heavy atom. The summed E-state index contributed by atoms with van der Waals surface area (Å²) in [6.07, 6.45) is 0.366. The van der Waals surface area contributed by atoms with Gasteiger partial charge in [0.2, 0.25) is 0 Å². The molecule has 0 spiro atoms. The minimum Gasteiger partial charge on any atom is -0.378 e. The Hall–Kier alpha value is -2.63. The van der Waals surface area contributed by atoms with Crippen LogP contribution in [0.3, 0.4) is 0 Å². The molecule has 0 saturated carbocycles. The fourth-order valence-electron chi connectivity index (χ4n) is 2.31. The van der Waals surface area contributed by atoms with Gasteiger partial charge >= 0.3 is 0 Å². The van der Waals surface area contributed by atoms with Crippen molar-refractivity contribution in [2.45, 2.75) is 12.6 Å². The van der Waals surface area contributed by atoms with Crippen LogP contribution in [-0.4, -0.2) is 20.8 Å². The van der Waals surface area contributed by atoms with Crippen LogP contribution in [-0.2, 0) is 11.3 Å². The zero-order valence-electron chi connectivity index (χ0n) is 12.8. The first-order valence-electron chi connectivity index (χ1n) is 7.43. The lowest BCUT2D eigenvalue weighted by Crippen LogP contribution is -2.22. The fourth-order valence-corrected chi connectivity index (χ4v) is 2.43. The van der Waals surface area contributed by atoms with Gasteiger partial charge in [0, 0.05) is 11.1 Å². The predicted octanol–water partition coefficient (Wildman–Crippen LogP) is 3.26. The largest absolute Gasteiger partial charge is 0.378 e. The Morgan fingerprint density at radius 1 is 1.12 bits per heavy atom. The van der Waals surface area contributed by atoms with E-state index in [1.54, 1.807) is 53.3 Å². The zero-order valence-corrected chi connectivity index (χ0v) is 13.5. The van der Waals surface area contributed by atoms with Gasteiger partial charge in [-0.3, -0.25) is 4.79 Å². The highest BCUT2D eigenvalue weighted by Crippen LogP contribution is 2.17. The number of carbonyl (C=O) groups excluding carboxylic acids is 1. The van der Waals surface area contributed by atoms with E-state index in [-0.39, 0.29) is 0 Å². The zero-order chi connectivity index (χ0) is 16.9. The summed E-state index contributed by atoms with van der Waals surface area (Å²) in [6, 6.07) is 17.9. The van der Waals surface area contributed by atoms with Crippen LogP contribution in [0.2, 0.25) is 5.02 Å². The molecule has 3 aromatic rings. The van der Waals surface area contributed by atoms with Crippen molar-refractivity contribution >= 4 is 23.3 Å². The van der Waals surface area contributed by atoms with Crippen molar-refractivity contribution in [1.29, 1.82) is 0 Å². The maximum atomic E-state index is 12.2. The SMILES string of the molecule is O=C(Nc1ccnn1Cc1ccc(Cl)cc1)C(O)c1ccccc1. The van der Waals surface area contributed by atoms with Crippen LogP contribution in [0.5, 0.6) is 0 Å². The van der Waals surface area contributed by atoms with Crippen molar-refractivity contribution in [2.24, 2.45) is 0 Å². The number of aliphatic hydroxyl groups is 1. The number of benzene rings is 2. The normalized spacial score (nSPS) is 11.9. The summed E-state index contributed by atoms with van der Waals surface area (Å²) in [4.78, 5) is 12.2. The van der Waals surface area contributed by atoms with Crippen LogP contribution in [0.4, 0.5) is 5.82 Å². The monoisotopic (exact) mass is 341 g/mol. The van der Waals surface area contributed by atoms with Crippen LogP contribution in [0.25, 0.3) is 0 Å². The number of carbonyl (C=O) groups is 1. The van der Waals surface area contributed by atoms with Crippen molar-refractivity contribution in [3.8, 4) is 0 Å². The lowest BCUT2D eigenvalue weighted by Gasteiger charge is -2.13. The molecule has 0 aliphatic rings. The second-order valence-electron chi connectivity index (χ2n) is 5.30. The molecule has 0 aliphatic heterocycles. The third-order valence-electron chi connectivity index (χ3n) is 3.58. The van der Waals surface area contributed by atoms with E-state index in [0.29, 0.717) is 22.9 Å². The molecule has 1 atom stereocenters. The number of halogens is 1. The third-order valence-corrected chi connectivity index (χ3v) is 3.83. The van der Waals surface area contributed by atoms with E-state index in [0.717, 1.165) is 5.56 Å². The van der Waals surface area contributed by atoms with Crippen molar-refractivity contribution in [3.63, 3.8) is 0 Å². The van der Waals surface area contributed by atoms with E-state index in [9.17, 15) is 9.90 Å². The number of amides is 1. The van der Waals surface area contributed by atoms with Gasteiger partial charge in [-0.1, -0.05) is 54.1 Å². The van der Waals surface area contributed by atoms with Crippen LogP contribution < -0.4 is 5.32 Å². The number of aliphatic hydroxyl groups excluding tert-OH is 1. The number of nitrogens with one attached hydrogen (secondary N) is 1. The lowest BCUT2D eigenvalue weighted by atomic mass is 10.1. The number of anilines is 1. The molecule has 1 heterocycles. The Balaban J connectivity index is 1.71. The molecule has 1 aromatic heterocycles. The molecular formula is C18H16ClN3O2. The van der Waals surface area contributed by atoms with Gasteiger partial charge in [-0.15, -0.1) is 0 Å². The lowest BCUT2D eigenvalue weighted by molar-refractivity contribution is -0.124. The van der Waals surface area contributed by atoms with Gasteiger partial charge < -0.3 is 10.4 Å². The highest BCUT2D eigenvalue weighted by atomic mass is 35.5. The molecule has 0 aliphatic carbocycles. The molecular weight excluding hydrogens is 326 g/mol. The standard InChI is InChI=1S/C18H16ClN3O2/c19-15-8-6-13(7-9-15)12-22-16(10-11-20-22)21-18(24)17(23)14-4-2-1-3-5-14/h1-11,17,23H,12H2,(H,21,24). The van der Waals surface area contributed by atoms with Crippen molar-refractivity contribution in [1.82, 2.24) is 9.78 Å². The molecule has 2 N–H and O–H groups in total.